The molecule has 20 heavy (non-hydrogen) atoms. The number of nitrogens with zero attached hydrogens (tertiary/aromatic N) is 1. The van der Waals surface area contributed by atoms with E-state index >= 15 is 0 Å². The highest BCUT2D eigenvalue weighted by Gasteiger charge is 2.32. The average molecular weight is 323 g/mol. The van der Waals surface area contributed by atoms with E-state index in [0.717, 1.165) is 12.1 Å². The number of likely N-dealkylation sites (N-methyl/N-ethyl adjacent to an activating group) is 1. The van der Waals surface area contributed by atoms with Gasteiger partial charge in [-0.3, -0.25) is 0 Å². The van der Waals surface area contributed by atoms with E-state index in [1.165, 1.54) is 10.4 Å². The lowest BCUT2D eigenvalue weighted by Crippen LogP contribution is -2.48. The van der Waals surface area contributed by atoms with Crippen LogP contribution in [0.3, 0.4) is 0 Å². The molecule has 0 aromatic heterocycles. The first-order valence-electron chi connectivity index (χ1n) is 6.16. The van der Waals surface area contributed by atoms with Crippen molar-refractivity contribution in [1.82, 2.24) is 9.62 Å². The number of morpholine rings is 1. The Hall–Kier alpha value is -0.730. The first-order valence-corrected chi connectivity index (χ1v) is 7.98. The molecule has 1 fully saturated rings. The Morgan fingerprint density at radius 3 is 3.00 bits per heavy atom. The number of sulfonamides is 1. The van der Waals surface area contributed by atoms with Gasteiger partial charge in [0.15, 0.2) is 0 Å². The van der Waals surface area contributed by atoms with Gasteiger partial charge in [-0.15, -0.1) is 0 Å². The van der Waals surface area contributed by atoms with E-state index in [9.17, 15) is 12.8 Å². The van der Waals surface area contributed by atoms with Gasteiger partial charge in [-0.2, -0.15) is 4.31 Å². The van der Waals surface area contributed by atoms with Gasteiger partial charge in [-0.25, -0.2) is 12.8 Å². The van der Waals surface area contributed by atoms with Crippen LogP contribution in [0, 0.1) is 5.82 Å². The molecule has 2 rings (SSSR count). The number of benzene rings is 1. The molecular weight excluding hydrogens is 307 g/mol. The smallest absolute Gasteiger partial charge is 0.244 e. The molecule has 1 heterocycles. The van der Waals surface area contributed by atoms with Gasteiger partial charge in [0, 0.05) is 19.6 Å². The summed E-state index contributed by atoms with van der Waals surface area (Å²) in [6.07, 6.45) is -0.226. The second kappa shape index (κ2) is 6.36. The summed E-state index contributed by atoms with van der Waals surface area (Å²) in [6.45, 7) is 1.30. The highest BCUT2D eigenvalue weighted by molar-refractivity contribution is 7.89. The van der Waals surface area contributed by atoms with Gasteiger partial charge in [0.05, 0.1) is 17.7 Å². The topological polar surface area (TPSA) is 58.6 Å². The summed E-state index contributed by atoms with van der Waals surface area (Å²) in [5.74, 6) is -0.631. The minimum atomic E-state index is -3.81. The summed E-state index contributed by atoms with van der Waals surface area (Å²) in [4.78, 5) is -0.204. The highest BCUT2D eigenvalue weighted by atomic mass is 35.5. The van der Waals surface area contributed by atoms with Crippen LogP contribution in [-0.4, -0.2) is 52.1 Å². The van der Waals surface area contributed by atoms with E-state index in [4.69, 9.17) is 16.3 Å². The molecule has 0 saturated carbocycles. The van der Waals surface area contributed by atoms with E-state index in [0.29, 0.717) is 13.2 Å². The molecule has 0 aliphatic carbocycles. The fourth-order valence-corrected chi connectivity index (χ4v) is 4.02. The predicted octanol–water partition coefficient (Wildman–Crippen LogP) is 1.09. The predicted molar refractivity (Wildman–Crippen MR) is 73.8 cm³/mol. The van der Waals surface area contributed by atoms with Gasteiger partial charge >= 0.3 is 0 Å². The van der Waals surface area contributed by atoms with Crippen molar-refractivity contribution in [3.63, 3.8) is 0 Å². The van der Waals surface area contributed by atoms with E-state index in [-0.39, 0.29) is 29.1 Å². The molecule has 0 amide bonds. The zero-order valence-corrected chi connectivity index (χ0v) is 12.5. The zero-order valence-electron chi connectivity index (χ0n) is 11.0. The van der Waals surface area contributed by atoms with Crippen LogP contribution in [-0.2, 0) is 14.8 Å². The van der Waals surface area contributed by atoms with Gasteiger partial charge < -0.3 is 10.1 Å². The van der Waals surface area contributed by atoms with Crippen LogP contribution >= 0.6 is 11.6 Å². The van der Waals surface area contributed by atoms with Crippen molar-refractivity contribution in [2.75, 3.05) is 33.3 Å². The number of halogens is 2. The summed E-state index contributed by atoms with van der Waals surface area (Å²) < 4.78 is 45.0. The Labute approximate surface area is 122 Å². The lowest BCUT2D eigenvalue weighted by atomic mass is 10.3. The summed E-state index contributed by atoms with van der Waals surface area (Å²) in [6, 6.07) is 3.32. The SMILES string of the molecule is CNCC1CN(S(=O)(=O)c2cc(F)ccc2Cl)CCO1. The van der Waals surface area contributed by atoms with Crippen LogP contribution in [0.2, 0.25) is 5.02 Å². The summed E-state index contributed by atoms with van der Waals surface area (Å²) in [5.41, 5.74) is 0. The Morgan fingerprint density at radius 1 is 1.55 bits per heavy atom. The van der Waals surface area contributed by atoms with E-state index in [1.807, 2.05) is 0 Å². The van der Waals surface area contributed by atoms with Crippen LogP contribution in [0.4, 0.5) is 4.39 Å². The van der Waals surface area contributed by atoms with Crippen LogP contribution in [0.25, 0.3) is 0 Å². The first-order chi connectivity index (χ1) is 9.45. The summed E-state index contributed by atoms with van der Waals surface area (Å²) >= 11 is 5.88. The Kier molecular flexibility index (Phi) is 4.98. The van der Waals surface area contributed by atoms with Gasteiger partial charge in [0.1, 0.15) is 10.7 Å². The number of nitrogens with one attached hydrogen (secondary N) is 1. The molecule has 0 spiro atoms. The van der Waals surface area contributed by atoms with Crippen molar-refractivity contribution in [2.45, 2.75) is 11.0 Å². The lowest BCUT2D eigenvalue weighted by molar-refractivity contribution is 0.000822. The molecule has 0 bridgehead atoms. The van der Waals surface area contributed by atoms with Crippen molar-refractivity contribution >= 4 is 21.6 Å². The number of hydrogen-bond donors (Lipinski definition) is 1. The van der Waals surface area contributed by atoms with Crippen molar-refractivity contribution in [3.05, 3.63) is 29.0 Å². The molecule has 1 saturated heterocycles. The van der Waals surface area contributed by atoms with E-state index in [2.05, 4.69) is 5.32 Å². The van der Waals surface area contributed by atoms with Crippen molar-refractivity contribution in [3.8, 4) is 0 Å². The summed E-state index contributed by atoms with van der Waals surface area (Å²) in [5, 5.41) is 2.95. The minimum absolute atomic E-state index is 0.0167. The normalized spacial score (nSPS) is 21.1. The second-order valence-electron chi connectivity index (χ2n) is 4.49. The third-order valence-electron chi connectivity index (χ3n) is 3.04. The van der Waals surface area contributed by atoms with E-state index < -0.39 is 15.8 Å². The zero-order chi connectivity index (χ0) is 14.8. The molecular formula is C12H16ClFN2O3S. The van der Waals surface area contributed by atoms with Crippen molar-refractivity contribution in [1.29, 1.82) is 0 Å². The maximum Gasteiger partial charge on any atom is 0.244 e. The number of hydrogen-bond acceptors (Lipinski definition) is 4. The third kappa shape index (κ3) is 3.29. The number of ether oxygens (including phenoxy) is 1. The van der Waals surface area contributed by atoms with Crippen LogP contribution in [0.15, 0.2) is 23.1 Å². The molecule has 1 aliphatic heterocycles. The molecule has 1 aromatic rings. The van der Waals surface area contributed by atoms with Gasteiger partial charge in [0.25, 0.3) is 0 Å². The van der Waals surface area contributed by atoms with Crippen molar-refractivity contribution in [2.24, 2.45) is 0 Å². The molecule has 1 aliphatic rings. The van der Waals surface area contributed by atoms with Crippen molar-refractivity contribution < 1.29 is 17.5 Å². The maximum atomic E-state index is 13.3. The number of rotatable bonds is 4. The Bertz CT molecular complexity index is 580. The molecule has 1 aromatic carbocycles. The standard InChI is InChI=1S/C12H16ClFN2O3S/c1-15-7-10-8-16(4-5-19-10)20(17,18)12-6-9(14)2-3-11(12)13/h2-3,6,10,15H,4-5,7-8H2,1H3. The Morgan fingerprint density at radius 2 is 2.30 bits per heavy atom. The fourth-order valence-electron chi connectivity index (χ4n) is 2.08. The fraction of sp³-hybridized carbons (Fsp3) is 0.500. The third-order valence-corrected chi connectivity index (χ3v) is 5.39. The summed E-state index contributed by atoms with van der Waals surface area (Å²) in [7, 11) is -2.05. The lowest BCUT2D eigenvalue weighted by Gasteiger charge is -2.32. The largest absolute Gasteiger partial charge is 0.374 e. The molecule has 0 radical (unpaired) electrons. The quantitative estimate of drug-likeness (QED) is 0.901. The van der Waals surface area contributed by atoms with Gasteiger partial charge in [0.2, 0.25) is 10.0 Å². The minimum Gasteiger partial charge on any atom is -0.374 e. The molecule has 1 unspecified atom stereocenters. The van der Waals surface area contributed by atoms with Crippen LogP contribution in [0.5, 0.6) is 0 Å². The molecule has 112 valence electrons. The average Bonchev–Trinajstić information content (AvgIpc) is 2.42. The van der Waals surface area contributed by atoms with Gasteiger partial charge in [-0.1, -0.05) is 11.6 Å². The molecule has 8 heteroatoms. The van der Waals surface area contributed by atoms with Gasteiger partial charge in [-0.05, 0) is 25.2 Å². The monoisotopic (exact) mass is 322 g/mol. The second-order valence-corrected chi connectivity index (χ2v) is 6.80. The van der Waals surface area contributed by atoms with E-state index in [1.54, 1.807) is 7.05 Å². The Balaban J connectivity index is 2.27. The maximum absolute atomic E-state index is 13.3. The van der Waals surface area contributed by atoms with Crippen LogP contribution in [0.1, 0.15) is 0 Å². The molecule has 1 N–H and O–H groups in total. The molecule has 5 nitrogen and oxygen atoms in total. The first kappa shape index (κ1) is 15.7. The highest BCUT2D eigenvalue weighted by Crippen LogP contribution is 2.26. The molecule has 1 atom stereocenters. The van der Waals surface area contributed by atoms with Crippen LogP contribution < -0.4 is 5.32 Å².